The van der Waals surface area contributed by atoms with E-state index in [2.05, 4.69) is 38.3 Å². The average molecular weight is 499 g/mol. The smallest absolute Gasteiger partial charge is 0.416 e. The third-order valence-corrected chi connectivity index (χ3v) is 5.57. The van der Waals surface area contributed by atoms with Crippen LogP contribution in [0.2, 0.25) is 0 Å². The predicted octanol–water partition coefficient (Wildman–Crippen LogP) is 7.22. The van der Waals surface area contributed by atoms with E-state index in [-0.39, 0.29) is 35.6 Å². The van der Waals surface area contributed by atoms with E-state index in [0.29, 0.717) is 5.75 Å². The number of anilines is 2. The number of ether oxygens (including phenoxy) is 1. The largest absolute Gasteiger partial charge is 0.484 e. The van der Waals surface area contributed by atoms with Crippen molar-refractivity contribution in [2.24, 2.45) is 0 Å². The van der Waals surface area contributed by atoms with E-state index < -0.39 is 17.6 Å². The number of alkyl halides is 3. The molecule has 0 aliphatic rings. The van der Waals surface area contributed by atoms with E-state index in [1.807, 2.05) is 18.2 Å². The minimum atomic E-state index is -4.50. The average Bonchev–Trinajstić information content (AvgIpc) is 2.82. The Hall–Kier alpha value is -3.81. The van der Waals surface area contributed by atoms with Crippen LogP contribution in [-0.2, 0) is 11.0 Å². The van der Waals surface area contributed by atoms with Crippen molar-refractivity contribution in [3.63, 3.8) is 0 Å². The number of hydrogen-bond donors (Lipinski definition) is 2. The van der Waals surface area contributed by atoms with Gasteiger partial charge in [-0.1, -0.05) is 52.0 Å². The molecule has 2 amide bonds. The van der Waals surface area contributed by atoms with Gasteiger partial charge in [-0.2, -0.15) is 13.2 Å². The number of carbonyl (C=O) groups is 2. The Kier molecular flexibility index (Phi) is 8.40. The third-order valence-electron chi connectivity index (χ3n) is 5.57. The van der Waals surface area contributed by atoms with E-state index in [4.69, 9.17) is 4.74 Å². The number of nitrogens with one attached hydrogen (secondary N) is 2. The topological polar surface area (TPSA) is 67.4 Å². The van der Waals surface area contributed by atoms with Crippen LogP contribution in [0.15, 0.2) is 66.7 Å². The number of benzene rings is 3. The first-order valence-corrected chi connectivity index (χ1v) is 11.6. The molecule has 0 radical (unpaired) electrons. The van der Waals surface area contributed by atoms with Gasteiger partial charge < -0.3 is 15.4 Å². The van der Waals surface area contributed by atoms with Gasteiger partial charge in [0.1, 0.15) is 5.75 Å². The highest BCUT2D eigenvalue weighted by molar-refractivity contribution is 6.04. The van der Waals surface area contributed by atoms with Gasteiger partial charge in [0, 0.05) is 16.9 Å². The number of rotatable bonds is 8. The van der Waals surface area contributed by atoms with Crippen molar-refractivity contribution >= 4 is 23.2 Å². The maximum absolute atomic E-state index is 12.9. The van der Waals surface area contributed by atoms with Crippen LogP contribution in [0.3, 0.4) is 0 Å². The molecular weight excluding hydrogens is 469 g/mol. The van der Waals surface area contributed by atoms with Crippen LogP contribution in [-0.4, -0.2) is 18.4 Å². The van der Waals surface area contributed by atoms with Crippen LogP contribution in [0.4, 0.5) is 24.5 Å². The predicted molar refractivity (Wildman–Crippen MR) is 135 cm³/mol. The van der Waals surface area contributed by atoms with Gasteiger partial charge in [-0.05, 0) is 65.4 Å². The highest BCUT2D eigenvalue weighted by atomic mass is 19.4. The van der Waals surface area contributed by atoms with Gasteiger partial charge in [-0.3, -0.25) is 9.59 Å². The lowest BCUT2D eigenvalue weighted by molar-refractivity contribution is -0.137. The second-order valence-corrected chi connectivity index (χ2v) is 9.01. The maximum atomic E-state index is 12.9. The van der Waals surface area contributed by atoms with Crippen LogP contribution >= 0.6 is 0 Å². The minimum Gasteiger partial charge on any atom is -0.484 e. The molecule has 0 aliphatic heterocycles. The van der Waals surface area contributed by atoms with Gasteiger partial charge in [0.25, 0.3) is 11.8 Å². The summed E-state index contributed by atoms with van der Waals surface area (Å²) < 4.78 is 44.2. The number of hydrogen-bond acceptors (Lipinski definition) is 3. The Bertz CT molecular complexity index is 1190. The quantitative estimate of drug-likeness (QED) is 0.345. The van der Waals surface area contributed by atoms with E-state index >= 15 is 0 Å². The zero-order chi connectivity index (χ0) is 26.5. The van der Waals surface area contributed by atoms with Gasteiger partial charge in [0.15, 0.2) is 6.61 Å². The van der Waals surface area contributed by atoms with Crippen LogP contribution in [0.5, 0.6) is 5.75 Å². The third kappa shape index (κ3) is 6.87. The molecule has 0 bridgehead atoms. The van der Waals surface area contributed by atoms with Gasteiger partial charge in [-0.25, -0.2) is 0 Å². The fourth-order valence-corrected chi connectivity index (χ4v) is 3.70. The van der Waals surface area contributed by atoms with Crippen molar-refractivity contribution in [1.29, 1.82) is 0 Å². The Morgan fingerprint density at radius 2 is 1.42 bits per heavy atom. The Balaban J connectivity index is 1.61. The molecule has 3 aromatic carbocycles. The maximum Gasteiger partial charge on any atom is 0.416 e. The van der Waals surface area contributed by atoms with Crippen molar-refractivity contribution in [3.8, 4) is 5.75 Å². The zero-order valence-electron chi connectivity index (χ0n) is 20.6. The first-order chi connectivity index (χ1) is 17.0. The summed E-state index contributed by atoms with van der Waals surface area (Å²) in [4.78, 5) is 25.1. The molecule has 0 spiro atoms. The summed E-state index contributed by atoms with van der Waals surface area (Å²) in [6.07, 6.45) is -4.50. The van der Waals surface area contributed by atoms with Crippen LogP contribution < -0.4 is 15.4 Å². The van der Waals surface area contributed by atoms with Gasteiger partial charge in [0.2, 0.25) is 0 Å². The van der Waals surface area contributed by atoms with Gasteiger partial charge in [0.05, 0.1) is 5.56 Å². The van der Waals surface area contributed by atoms with Crippen LogP contribution in [0.1, 0.15) is 66.6 Å². The second-order valence-electron chi connectivity index (χ2n) is 9.01. The first-order valence-electron chi connectivity index (χ1n) is 11.6. The summed E-state index contributed by atoms with van der Waals surface area (Å²) in [6, 6.07) is 16.4. The minimum absolute atomic E-state index is 0.0364. The molecule has 0 saturated carbocycles. The molecule has 36 heavy (non-hydrogen) atoms. The number of carbonyl (C=O) groups excluding carboxylic acids is 2. The summed E-state index contributed by atoms with van der Waals surface area (Å²) in [6.45, 7) is 8.04. The summed E-state index contributed by atoms with van der Waals surface area (Å²) in [5.41, 5.74) is 2.32. The molecule has 0 aliphatic carbocycles. The normalized spacial score (nSPS) is 11.5. The van der Waals surface area contributed by atoms with Crippen LogP contribution in [0.25, 0.3) is 0 Å². The molecule has 0 aromatic heterocycles. The lowest BCUT2D eigenvalue weighted by Gasteiger charge is -2.20. The first kappa shape index (κ1) is 26.8. The Labute approximate surface area is 208 Å². The summed E-state index contributed by atoms with van der Waals surface area (Å²) in [7, 11) is 0. The highest BCUT2D eigenvalue weighted by Crippen LogP contribution is 2.33. The number of para-hydroxylation sites is 1. The van der Waals surface area contributed by atoms with E-state index in [9.17, 15) is 22.8 Å². The molecule has 0 atom stereocenters. The molecule has 0 unspecified atom stereocenters. The molecule has 3 aromatic rings. The summed E-state index contributed by atoms with van der Waals surface area (Å²) in [5, 5.41) is 5.43. The fourth-order valence-electron chi connectivity index (χ4n) is 3.70. The number of amides is 2. The SMILES string of the molecule is CC(C)c1cccc(C(C)C)c1NC(=O)COc1ccc(C(=O)Nc2cccc(C(F)(F)F)c2)cc1. The molecular formula is C28H29F3N2O3. The lowest BCUT2D eigenvalue weighted by Crippen LogP contribution is -2.22. The van der Waals surface area contributed by atoms with Gasteiger partial charge in [-0.15, -0.1) is 0 Å². The van der Waals surface area contributed by atoms with Crippen molar-refractivity contribution in [3.05, 3.63) is 89.0 Å². The Morgan fingerprint density at radius 1 is 0.833 bits per heavy atom. The fraction of sp³-hybridized carbons (Fsp3) is 0.286. The van der Waals surface area contributed by atoms with Crippen molar-refractivity contribution in [2.75, 3.05) is 17.2 Å². The lowest BCUT2D eigenvalue weighted by atomic mass is 9.92. The van der Waals surface area contributed by atoms with E-state index in [1.165, 1.54) is 36.4 Å². The molecule has 3 rings (SSSR count). The summed E-state index contributed by atoms with van der Waals surface area (Å²) in [5.74, 6) is -0.0346. The summed E-state index contributed by atoms with van der Waals surface area (Å²) >= 11 is 0. The second kappa shape index (κ2) is 11.3. The van der Waals surface area contributed by atoms with Crippen molar-refractivity contribution < 1.29 is 27.5 Å². The molecule has 0 fully saturated rings. The highest BCUT2D eigenvalue weighted by Gasteiger charge is 2.30. The Morgan fingerprint density at radius 3 is 1.97 bits per heavy atom. The molecule has 8 heteroatoms. The van der Waals surface area contributed by atoms with E-state index in [0.717, 1.165) is 28.9 Å². The van der Waals surface area contributed by atoms with Crippen molar-refractivity contribution in [1.82, 2.24) is 0 Å². The van der Waals surface area contributed by atoms with Crippen molar-refractivity contribution in [2.45, 2.75) is 45.7 Å². The van der Waals surface area contributed by atoms with Gasteiger partial charge >= 0.3 is 6.18 Å². The zero-order valence-corrected chi connectivity index (χ0v) is 20.6. The molecule has 2 N–H and O–H groups in total. The molecule has 190 valence electrons. The molecule has 5 nitrogen and oxygen atoms in total. The molecule has 0 heterocycles. The van der Waals surface area contributed by atoms with Crippen LogP contribution in [0, 0.1) is 0 Å². The standard InChI is InChI=1S/C28H29F3N2O3/c1-17(2)23-9-6-10-24(18(3)4)26(23)33-25(34)16-36-22-13-11-19(12-14-22)27(35)32-21-8-5-7-20(15-21)28(29,30)31/h5-15,17-18H,16H2,1-4H3,(H,32,35)(H,33,34). The monoisotopic (exact) mass is 498 g/mol. The number of halogens is 3. The van der Waals surface area contributed by atoms with E-state index in [1.54, 1.807) is 0 Å². The molecule has 0 saturated heterocycles.